The first-order valence-corrected chi connectivity index (χ1v) is 6.83. The van der Waals surface area contributed by atoms with Gasteiger partial charge in [0.2, 0.25) is 0 Å². The first kappa shape index (κ1) is 18.0. The minimum Gasteiger partial charge on any atom is -0.454 e. The second kappa shape index (κ2) is 7.78. The second-order valence-electron chi connectivity index (χ2n) is 4.15. The summed E-state index contributed by atoms with van der Waals surface area (Å²) in [5.74, 6) is -2.48. The van der Waals surface area contributed by atoms with Crippen molar-refractivity contribution in [3.05, 3.63) is 21.9 Å². The smallest absolute Gasteiger partial charge is 0.405 e. The quantitative estimate of drug-likeness (QED) is 0.758. The van der Waals surface area contributed by atoms with Gasteiger partial charge >= 0.3 is 12.1 Å². The van der Waals surface area contributed by atoms with E-state index in [1.807, 2.05) is 6.92 Å². The van der Waals surface area contributed by atoms with Crippen molar-refractivity contribution in [2.24, 2.45) is 0 Å². The molecule has 0 aliphatic heterocycles. The summed E-state index contributed by atoms with van der Waals surface area (Å²) in [7, 11) is 0. The minimum absolute atomic E-state index is 0.410. The van der Waals surface area contributed by atoms with Crippen LogP contribution in [-0.2, 0) is 14.3 Å². The van der Waals surface area contributed by atoms with Crippen molar-refractivity contribution >= 4 is 29.1 Å². The molecule has 10 heteroatoms. The number of carbonyl (C=O) groups excluding carboxylic acids is 3. The number of alkyl halides is 3. The van der Waals surface area contributed by atoms with E-state index >= 15 is 0 Å². The van der Waals surface area contributed by atoms with E-state index in [0.29, 0.717) is 4.88 Å². The maximum atomic E-state index is 11.8. The van der Waals surface area contributed by atoms with E-state index in [2.05, 4.69) is 10.1 Å². The van der Waals surface area contributed by atoms with E-state index < -0.39 is 43.7 Å². The standard InChI is InChI=1S/C12H13F3N2O4S/c1-7-2-3-8(22-7)11(20)16-4-10(19)21-5-9(18)17-6-12(13,14)15/h2-3H,4-6H2,1H3,(H,16,20)(H,17,18). The number of hydrogen-bond donors (Lipinski definition) is 2. The molecule has 0 fully saturated rings. The fraction of sp³-hybridized carbons (Fsp3) is 0.417. The maximum absolute atomic E-state index is 11.8. The van der Waals surface area contributed by atoms with Crippen LogP contribution in [0.15, 0.2) is 12.1 Å². The first-order chi connectivity index (χ1) is 10.2. The fourth-order valence-corrected chi connectivity index (χ4v) is 2.03. The summed E-state index contributed by atoms with van der Waals surface area (Å²) in [5.41, 5.74) is 0. The average molecular weight is 338 g/mol. The molecule has 0 aliphatic rings. The number of hydrogen-bond acceptors (Lipinski definition) is 5. The number of rotatable bonds is 6. The molecule has 1 rings (SSSR count). The Balaban J connectivity index is 2.23. The van der Waals surface area contributed by atoms with Gasteiger partial charge in [0.05, 0.1) is 4.88 Å². The van der Waals surface area contributed by atoms with Crippen molar-refractivity contribution in [2.45, 2.75) is 13.1 Å². The Morgan fingerprint density at radius 3 is 2.45 bits per heavy atom. The van der Waals surface area contributed by atoms with Gasteiger partial charge in [-0.1, -0.05) is 0 Å². The third-order valence-electron chi connectivity index (χ3n) is 2.21. The Morgan fingerprint density at radius 2 is 1.91 bits per heavy atom. The van der Waals surface area contributed by atoms with Crippen LogP contribution in [0, 0.1) is 6.92 Å². The molecule has 0 radical (unpaired) electrons. The first-order valence-electron chi connectivity index (χ1n) is 6.01. The van der Waals surface area contributed by atoms with Gasteiger partial charge < -0.3 is 15.4 Å². The molecule has 2 N–H and O–H groups in total. The predicted molar refractivity (Wildman–Crippen MR) is 71.4 cm³/mol. The van der Waals surface area contributed by atoms with Gasteiger partial charge in [-0.05, 0) is 19.1 Å². The van der Waals surface area contributed by atoms with Crippen molar-refractivity contribution in [1.82, 2.24) is 10.6 Å². The zero-order valence-electron chi connectivity index (χ0n) is 11.5. The van der Waals surface area contributed by atoms with Crippen molar-refractivity contribution in [3.63, 3.8) is 0 Å². The summed E-state index contributed by atoms with van der Waals surface area (Å²) in [6, 6.07) is 3.33. The average Bonchev–Trinajstić information content (AvgIpc) is 2.86. The monoisotopic (exact) mass is 338 g/mol. The molecule has 1 heterocycles. The number of amides is 2. The summed E-state index contributed by atoms with van der Waals surface area (Å²) >= 11 is 1.24. The van der Waals surface area contributed by atoms with Crippen LogP contribution >= 0.6 is 11.3 Å². The molecule has 122 valence electrons. The van der Waals surface area contributed by atoms with Crippen molar-refractivity contribution < 1.29 is 32.3 Å². The highest BCUT2D eigenvalue weighted by Gasteiger charge is 2.27. The van der Waals surface area contributed by atoms with Gasteiger partial charge in [-0.3, -0.25) is 14.4 Å². The van der Waals surface area contributed by atoms with E-state index in [1.165, 1.54) is 11.3 Å². The van der Waals surface area contributed by atoms with Gasteiger partial charge in [-0.25, -0.2) is 0 Å². The lowest BCUT2D eigenvalue weighted by atomic mass is 10.4. The Morgan fingerprint density at radius 1 is 1.23 bits per heavy atom. The van der Waals surface area contributed by atoms with Crippen LogP contribution in [0.5, 0.6) is 0 Å². The van der Waals surface area contributed by atoms with E-state index in [0.717, 1.165) is 4.88 Å². The van der Waals surface area contributed by atoms with Crippen LogP contribution in [0.3, 0.4) is 0 Å². The second-order valence-corrected chi connectivity index (χ2v) is 5.43. The summed E-state index contributed by atoms with van der Waals surface area (Å²) in [5, 5.41) is 3.82. The van der Waals surface area contributed by atoms with E-state index in [-0.39, 0.29) is 0 Å². The lowest BCUT2D eigenvalue weighted by Crippen LogP contribution is -2.37. The van der Waals surface area contributed by atoms with E-state index in [1.54, 1.807) is 17.4 Å². The molecular weight excluding hydrogens is 325 g/mol. The molecule has 6 nitrogen and oxygen atoms in total. The molecule has 1 aromatic heterocycles. The molecule has 0 saturated heterocycles. The molecule has 0 spiro atoms. The predicted octanol–water partition coefficient (Wildman–Crippen LogP) is 1.01. The van der Waals surface area contributed by atoms with Crippen molar-refractivity contribution in [1.29, 1.82) is 0 Å². The summed E-state index contributed by atoms with van der Waals surface area (Å²) in [6.07, 6.45) is -4.54. The van der Waals surface area contributed by atoms with Gasteiger partial charge in [0, 0.05) is 4.88 Å². The number of esters is 1. The van der Waals surface area contributed by atoms with Crippen molar-refractivity contribution in [2.75, 3.05) is 19.7 Å². The lowest BCUT2D eigenvalue weighted by molar-refractivity contribution is -0.150. The number of nitrogens with one attached hydrogen (secondary N) is 2. The number of aryl methyl sites for hydroxylation is 1. The Hall–Kier alpha value is -2.10. The topological polar surface area (TPSA) is 84.5 Å². The van der Waals surface area contributed by atoms with Gasteiger partial charge in [0.25, 0.3) is 11.8 Å². The highest BCUT2D eigenvalue weighted by Crippen LogP contribution is 2.14. The van der Waals surface area contributed by atoms with Crippen LogP contribution in [0.4, 0.5) is 13.2 Å². The molecule has 0 unspecified atom stereocenters. The minimum atomic E-state index is -4.54. The van der Waals surface area contributed by atoms with Gasteiger partial charge in [-0.15, -0.1) is 11.3 Å². The van der Waals surface area contributed by atoms with Crippen LogP contribution in [-0.4, -0.2) is 43.7 Å². The molecule has 2 amide bonds. The molecule has 0 bridgehead atoms. The number of halogens is 3. The Kier molecular flexibility index (Phi) is 6.35. The molecular formula is C12H13F3N2O4S. The highest BCUT2D eigenvalue weighted by atomic mass is 32.1. The molecule has 0 saturated carbocycles. The van der Waals surface area contributed by atoms with Crippen LogP contribution in [0.1, 0.15) is 14.5 Å². The molecule has 0 aromatic carbocycles. The molecule has 1 aromatic rings. The number of ether oxygens (including phenoxy) is 1. The molecule has 0 aliphatic carbocycles. The number of thiophene rings is 1. The molecule has 22 heavy (non-hydrogen) atoms. The fourth-order valence-electron chi connectivity index (χ4n) is 1.24. The van der Waals surface area contributed by atoms with Crippen LogP contribution < -0.4 is 10.6 Å². The van der Waals surface area contributed by atoms with E-state index in [4.69, 9.17) is 0 Å². The zero-order chi connectivity index (χ0) is 16.8. The third-order valence-corrected chi connectivity index (χ3v) is 3.21. The third kappa shape index (κ3) is 7.07. The largest absolute Gasteiger partial charge is 0.454 e. The maximum Gasteiger partial charge on any atom is 0.405 e. The lowest BCUT2D eigenvalue weighted by Gasteiger charge is -2.09. The highest BCUT2D eigenvalue weighted by molar-refractivity contribution is 7.13. The Bertz CT molecular complexity index is 557. The molecule has 0 atom stereocenters. The zero-order valence-corrected chi connectivity index (χ0v) is 12.3. The van der Waals surface area contributed by atoms with Gasteiger partial charge in [0.15, 0.2) is 6.61 Å². The summed E-state index contributed by atoms with van der Waals surface area (Å²) in [4.78, 5) is 35.2. The van der Waals surface area contributed by atoms with E-state index in [9.17, 15) is 27.6 Å². The van der Waals surface area contributed by atoms with Crippen molar-refractivity contribution in [3.8, 4) is 0 Å². The number of carbonyl (C=O) groups is 3. The summed E-state index contributed by atoms with van der Waals surface area (Å²) < 4.78 is 39.9. The normalized spacial score (nSPS) is 10.9. The van der Waals surface area contributed by atoms with Crippen LogP contribution in [0.25, 0.3) is 0 Å². The SMILES string of the molecule is Cc1ccc(C(=O)NCC(=O)OCC(=O)NCC(F)(F)F)s1. The Labute approximate surface area is 127 Å². The van der Waals surface area contributed by atoms with Crippen LogP contribution in [0.2, 0.25) is 0 Å². The summed E-state index contributed by atoms with van der Waals surface area (Å²) in [6.45, 7) is -1.02. The van der Waals surface area contributed by atoms with Gasteiger partial charge in [-0.2, -0.15) is 13.2 Å². The van der Waals surface area contributed by atoms with Gasteiger partial charge in [0.1, 0.15) is 13.1 Å².